The third-order valence-corrected chi connectivity index (χ3v) is 3.58. The van der Waals surface area contributed by atoms with E-state index in [1.807, 2.05) is 6.07 Å². The second-order valence-electron chi connectivity index (χ2n) is 3.55. The van der Waals surface area contributed by atoms with Gasteiger partial charge in [0.2, 0.25) is 0 Å². The van der Waals surface area contributed by atoms with Crippen LogP contribution in [0.25, 0.3) is 0 Å². The van der Waals surface area contributed by atoms with Crippen LogP contribution in [0.1, 0.15) is 23.7 Å². The second-order valence-corrected chi connectivity index (χ2v) is 6.08. The number of rotatable bonds is 5. The van der Waals surface area contributed by atoms with E-state index in [-0.39, 0.29) is 11.3 Å². The predicted octanol–water partition coefficient (Wildman–Crippen LogP) is 1.99. The molecule has 8 heteroatoms. The number of nitriles is 1. The molecule has 102 valence electrons. The molecule has 1 aromatic carbocycles. The van der Waals surface area contributed by atoms with Crippen molar-refractivity contribution >= 4 is 25.7 Å². The molecule has 1 N–H and O–H groups in total. The number of aromatic carboxylic acids is 1. The van der Waals surface area contributed by atoms with Crippen molar-refractivity contribution in [2.24, 2.45) is 0 Å². The molecule has 6 nitrogen and oxygen atoms in total. The molecule has 0 spiro atoms. The summed E-state index contributed by atoms with van der Waals surface area (Å²) in [5, 5.41) is 17.6. The van der Waals surface area contributed by atoms with Gasteiger partial charge in [0.1, 0.15) is 16.7 Å². The number of nitrogens with zero attached hydrogens (tertiary/aromatic N) is 1. The van der Waals surface area contributed by atoms with E-state index in [0.717, 1.165) is 6.07 Å². The summed E-state index contributed by atoms with van der Waals surface area (Å²) in [6, 6.07) is 5.07. The van der Waals surface area contributed by atoms with E-state index in [4.69, 9.17) is 25.8 Å². The van der Waals surface area contributed by atoms with Gasteiger partial charge in [-0.1, -0.05) is 6.92 Å². The lowest BCUT2D eigenvalue weighted by Crippen LogP contribution is -2.14. The van der Waals surface area contributed by atoms with Gasteiger partial charge in [-0.25, -0.2) is 13.2 Å². The maximum absolute atomic E-state index is 11.4. The lowest BCUT2D eigenvalue weighted by Gasteiger charge is -2.13. The number of benzene rings is 1. The summed E-state index contributed by atoms with van der Waals surface area (Å²) in [5.41, 5.74) is -0.239. The van der Waals surface area contributed by atoms with E-state index in [0.29, 0.717) is 6.42 Å². The Kier molecular flexibility index (Phi) is 4.75. The Hall–Kier alpha value is -1.78. The van der Waals surface area contributed by atoms with Crippen molar-refractivity contribution in [3.05, 3.63) is 23.8 Å². The van der Waals surface area contributed by atoms with E-state index >= 15 is 0 Å². The first-order valence-electron chi connectivity index (χ1n) is 5.17. The molecule has 0 aromatic heterocycles. The smallest absolute Gasteiger partial charge is 0.335 e. The Morgan fingerprint density at radius 2 is 2.21 bits per heavy atom. The number of carboxylic acid groups (broad SMARTS) is 1. The standard InChI is InChI=1S/C11H10ClNO5S/c1-2-8(6-13)18-9-4-3-7(11(14)15)5-10(9)19(12,16)17/h3-5,8H,2H2,1H3,(H,14,15). The fourth-order valence-electron chi connectivity index (χ4n) is 1.28. The SMILES string of the molecule is CCC(C#N)Oc1ccc(C(=O)O)cc1S(=O)(=O)Cl. The number of hydrogen-bond donors (Lipinski definition) is 1. The minimum atomic E-state index is -4.18. The maximum atomic E-state index is 11.4. The van der Waals surface area contributed by atoms with Gasteiger partial charge in [0.25, 0.3) is 9.05 Å². The van der Waals surface area contributed by atoms with Gasteiger partial charge in [-0.05, 0) is 24.6 Å². The summed E-state index contributed by atoms with van der Waals surface area (Å²) in [4.78, 5) is 10.3. The van der Waals surface area contributed by atoms with Crippen LogP contribution in [0.5, 0.6) is 5.75 Å². The van der Waals surface area contributed by atoms with Gasteiger partial charge >= 0.3 is 5.97 Å². The Balaban J connectivity index is 3.33. The summed E-state index contributed by atoms with van der Waals surface area (Å²) in [6.45, 7) is 1.69. The molecule has 0 heterocycles. The van der Waals surface area contributed by atoms with Gasteiger partial charge in [0, 0.05) is 10.7 Å². The number of carbonyl (C=O) groups is 1. The highest BCUT2D eigenvalue weighted by Gasteiger charge is 2.21. The topological polar surface area (TPSA) is 104 Å². The molecular weight excluding hydrogens is 294 g/mol. The third kappa shape index (κ3) is 3.84. The molecule has 0 aliphatic rings. The molecule has 19 heavy (non-hydrogen) atoms. The molecule has 0 fully saturated rings. The van der Waals surface area contributed by atoms with Crippen LogP contribution >= 0.6 is 10.7 Å². The van der Waals surface area contributed by atoms with Crippen LogP contribution in [0.3, 0.4) is 0 Å². The molecular formula is C11H10ClNO5S. The van der Waals surface area contributed by atoms with E-state index in [9.17, 15) is 13.2 Å². The highest BCUT2D eigenvalue weighted by atomic mass is 35.7. The summed E-state index contributed by atoms with van der Waals surface area (Å²) in [5.74, 6) is -1.44. The van der Waals surface area contributed by atoms with Gasteiger partial charge in [-0.15, -0.1) is 0 Å². The van der Waals surface area contributed by atoms with Crippen LogP contribution in [0.15, 0.2) is 23.1 Å². The zero-order chi connectivity index (χ0) is 14.6. The fraction of sp³-hybridized carbons (Fsp3) is 0.273. The van der Waals surface area contributed by atoms with Gasteiger partial charge < -0.3 is 9.84 Å². The number of hydrogen-bond acceptors (Lipinski definition) is 5. The predicted molar refractivity (Wildman–Crippen MR) is 66.8 cm³/mol. The molecule has 0 bridgehead atoms. The zero-order valence-electron chi connectivity index (χ0n) is 9.83. The van der Waals surface area contributed by atoms with Gasteiger partial charge in [-0.3, -0.25) is 0 Å². The highest BCUT2D eigenvalue weighted by Crippen LogP contribution is 2.29. The van der Waals surface area contributed by atoms with E-state index in [1.165, 1.54) is 12.1 Å². The number of ether oxygens (including phenoxy) is 1. The van der Waals surface area contributed by atoms with Crippen LogP contribution < -0.4 is 4.74 Å². The molecule has 1 aromatic rings. The lowest BCUT2D eigenvalue weighted by atomic mass is 10.2. The van der Waals surface area contributed by atoms with Crippen molar-refractivity contribution in [2.45, 2.75) is 24.3 Å². The van der Waals surface area contributed by atoms with Crippen molar-refractivity contribution in [2.75, 3.05) is 0 Å². The van der Waals surface area contributed by atoms with Crippen LogP contribution in [0.2, 0.25) is 0 Å². The van der Waals surface area contributed by atoms with Gasteiger partial charge in [0.05, 0.1) is 5.56 Å². The Labute approximate surface area is 114 Å². The Morgan fingerprint density at radius 3 is 2.63 bits per heavy atom. The maximum Gasteiger partial charge on any atom is 0.335 e. The van der Waals surface area contributed by atoms with E-state index in [2.05, 4.69) is 0 Å². The Bertz CT molecular complexity index is 635. The van der Waals surface area contributed by atoms with Crippen LogP contribution in [-0.4, -0.2) is 25.6 Å². The van der Waals surface area contributed by atoms with Crippen molar-refractivity contribution in [3.63, 3.8) is 0 Å². The molecule has 1 unspecified atom stereocenters. The van der Waals surface area contributed by atoms with Crippen LogP contribution in [0, 0.1) is 11.3 Å². The molecule has 0 amide bonds. The molecule has 0 aliphatic heterocycles. The van der Waals surface area contributed by atoms with E-state index < -0.39 is 26.0 Å². The minimum absolute atomic E-state index is 0.145. The second kappa shape index (κ2) is 5.91. The van der Waals surface area contributed by atoms with Gasteiger partial charge in [0.15, 0.2) is 6.10 Å². The first-order chi connectivity index (χ1) is 8.79. The van der Waals surface area contributed by atoms with Crippen molar-refractivity contribution in [1.82, 2.24) is 0 Å². The normalized spacial score (nSPS) is 12.5. The average Bonchev–Trinajstić information content (AvgIpc) is 2.34. The molecule has 1 atom stereocenters. The van der Waals surface area contributed by atoms with Crippen molar-refractivity contribution in [1.29, 1.82) is 5.26 Å². The van der Waals surface area contributed by atoms with Crippen molar-refractivity contribution in [3.8, 4) is 11.8 Å². The molecule has 0 aliphatic carbocycles. The minimum Gasteiger partial charge on any atom is -0.478 e. The molecule has 1 rings (SSSR count). The summed E-state index contributed by atoms with van der Waals surface area (Å²) in [6.07, 6.45) is -0.494. The fourth-order valence-corrected chi connectivity index (χ4v) is 2.27. The Morgan fingerprint density at radius 1 is 1.58 bits per heavy atom. The molecule has 0 saturated carbocycles. The monoisotopic (exact) mass is 303 g/mol. The largest absolute Gasteiger partial charge is 0.478 e. The summed E-state index contributed by atoms with van der Waals surface area (Å²) < 4.78 is 28.0. The molecule has 0 saturated heterocycles. The zero-order valence-corrected chi connectivity index (χ0v) is 11.4. The third-order valence-electron chi connectivity index (χ3n) is 2.24. The average molecular weight is 304 g/mol. The number of carboxylic acids is 1. The van der Waals surface area contributed by atoms with Crippen LogP contribution in [0.4, 0.5) is 0 Å². The number of halogens is 1. The van der Waals surface area contributed by atoms with E-state index in [1.54, 1.807) is 6.92 Å². The van der Waals surface area contributed by atoms with Crippen molar-refractivity contribution < 1.29 is 23.1 Å². The van der Waals surface area contributed by atoms with Gasteiger partial charge in [-0.2, -0.15) is 5.26 Å². The summed E-state index contributed by atoms with van der Waals surface area (Å²) >= 11 is 0. The highest BCUT2D eigenvalue weighted by molar-refractivity contribution is 8.13. The lowest BCUT2D eigenvalue weighted by molar-refractivity contribution is 0.0696. The molecule has 0 radical (unpaired) electrons. The first kappa shape index (κ1) is 15.3. The van der Waals surface area contributed by atoms with Crippen LogP contribution in [-0.2, 0) is 9.05 Å². The quantitative estimate of drug-likeness (QED) is 0.834. The summed E-state index contributed by atoms with van der Waals surface area (Å²) in [7, 11) is 1.05. The first-order valence-corrected chi connectivity index (χ1v) is 7.48.